The summed E-state index contributed by atoms with van der Waals surface area (Å²) >= 11 is 4.84. The normalized spacial score (nSPS) is 10.5. The minimum Gasteiger partial charge on any atom is -0.349 e. The fourth-order valence-electron chi connectivity index (χ4n) is 1.29. The summed E-state index contributed by atoms with van der Waals surface area (Å²) in [6, 6.07) is 1.87. The highest BCUT2D eigenvalue weighted by molar-refractivity contribution is 9.11. The number of amides is 1. The fourth-order valence-corrected chi connectivity index (χ4v) is 2.75. The van der Waals surface area contributed by atoms with Gasteiger partial charge in [-0.1, -0.05) is 5.21 Å². The van der Waals surface area contributed by atoms with Crippen LogP contribution in [0.2, 0.25) is 0 Å². The first kappa shape index (κ1) is 12.3. The van der Waals surface area contributed by atoms with Crippen LogP contribution in [0.4, 0.5) is 0 Å². The van der Waals surface area contributed by atoms with Crippen molar-refractivity contribution in [2.24, 2.45) is 0 Å². The van der Waals surface area contributed by atoms with Crippen molar-refractivity contribution in [1.29, 1.82) is 0 Å². The Balaban J connectivity index is 1.85. The Labute approximate surface area is 111 Å². The van der Waals surface area contributed by atoms with Gasteiger partial charge < -0.3 is 5.32 Å². The Kier molecular flexibility index (Phi) is 3.90. The number of carbonyl (C=O) groups is 1. The first-order chi connectivity index (χ1) is 8.16. The Morgan fingerprint density at radius 3 is 3.06 bits per heavy atom. The predicted molar refractivity (Wildman–Crippen MR) is 69.1 cm³/mol. The van der Waals surface area contributed by atoms with Gasteiger partial charge in [0, 0.05) is 12.7 Å². The molecule has 0 atom stereocenters. The zero-order valence-electron chi connectivity index (χ0n) is 9.18. The van der Waals surface area contributed by atoms with Crippen molar-refractivity contribution in [3.63, 3.8) is 0 Å². The zero-order valence-corrected chi connectivity index (χ0v) is 11.6. The molecule has 2 aromatic rings. The second-order valence-electron chi connectivity index (χ2n) is 3.49. The Morgan fingerprint density at radius 1 is 1.65 bits per heavy atom. The van der Waals surface area contributed by atoms with Gasteiger partial charge >= 0.3 is 0 Å². The Bertz CT molecular complexity index is 489. The molecule has 1 amide bonds. The standard InChI is InChI=1S/C10H11BrN4OS/c1-7-6-8(17-9(7)11)10(16)12-2-4-15-5-3-13-14-15/h3,5-6H,2,4H2,1H3,(H,12,16). The molecule has 0 saturated carbocycles. The van der Waals surface area contributed by atoms with Crippen LogP contribution < -0.4 is 5.32 Å². The van der Waals surface area contributed by atoms with Gasteiger partial charge in [-0.05, 0) is 34.5 Å². The first-order valence-corrected chi connectivity index (χ1v) is 6.66. The number of hydrogen-bond donors (Lipinski definition) is 1. The highest BCUT2D eigenvalue weighted by Gasteiger charge is 2.10. The second kappa shape index (κ2) is 5.42. The Hall–Kier alpha value is -1.21. The van der Waals surface area contributed by atoms with Gasteiger partial charge in [-0.25, -0.2) is 0 Å². The molecule has 0 unspecified atom stereocenters. The average Bonchev–Trinajstić information content (AvgIpc) is 2.90. The monoisotopic (exact) mass is 314 g/mol. The second-order valence-corrected chi connectivity index (χ2v) is 5.86. The van der Waals surface area contributed by atoms with E-state index in [1.807, 2.05) is 13.0 Å². The number of nitrogens with one attached hydrogen (secondary N) is 1. The van der Waals surface area contributed by atoms with E-state index in [2.05, 4.69) is 31.6 Å². The number of halogens is 1. The van der Waals surface area contributed by atoms with E-state index in [1.54, 1.807) is 17.1 Å². The molecule has 5 nitrogen and oxygen atoms in total. The van der Waals surface area contributed by atoms with Crippen molar-refractivity contribution in [2.75, 3.05) is 6.54 Å². The summed E-state index contributed by atoms with van der Waals surface area (Å²) in [5.74, 6) is -0.0519. The van der Waals surface area contributed by atoms with Gasteiger partial charge in [0.2, 0.25) is 0 Å². The molecule has 0 radical (unpaired) electrons. The molecule has 0 fully saturated rings. The molecule has 2 heterocycles. The van der Waals surface area contributed by atoms with Gasteiger partial charge in [0.25, 0.3) is 5.91 Å². The van der Waals surface area contributed by atoms with Crippen LogP contribution in [-0.4, -0.2) is 27.4 Å². The lowest BCUT2D eigenvalue weighted by atomic mass is 10.3. The van der Waals surface area contributed by atoms with E-state index in [-0.39, 0.29) is 5.91 Å². The number of hydrogen-bond acceptors (Lipinski definition) is 4. The third kappa shape index (κ3) is 3.13. The van der Waals surface area contributed by atoms with Gasteiger partial charge in [0.05, 0.1) is 21.4 Å². The van der Waals surface area contributed by atoms with Crippen LogP contribution in [0, 0.1) is 6.92 Å². The third-order valence-electron chi connectivity index (χ3n) is 2.18. The maximum atomic E-state index is 11.8. The number of carbonyl (C=O) groups excluding carboxylic acids is 1. The molecule has 17 heavy (non-hydrogen) atoms. The van der Waals surface area contributed by atoms with Crippen molar-refractivity contribution in [2.45, 2.75) is 13.5 Å². The van der Waals surface area contributed by atoms with Gasteiger partial charge in [-0.15, -0.1) is 16.4 Å². The maximum Gasteiger partial charge on any atom is 0.261 e. The summed E-state index contributed by atoms with van der Waals surface area (Å²) in [6.07, 6.45) is 3.37. The number of rotatable bonds is 4. The topological polar surface area (TPSA) is 59.8 Å². The molecule has 0 aliphatic carbocycles. The molecular formula is C10H11BrN4OS. The van der Waals surface area contributed by atoms with Crippen LogP contribution in [0.1, 0.15) is 15.2 Å². The molecule has 2 rings (SSSR count). The highest BCUT2D eigenvalue weighted by Crippen LogP contribution is 2.27. The number of aromatic nitrogens is 3. The largest absolute Gasteiger partial charge is 0.349 e. The smallest absolute Gasteiger partial charge is 0.261 e. The van der Waals surface area contributed by atoms with Crippen molar-refractivity contribution in [1.82, 2.24) is 20.3 Å². The van der Waals surface area contributed by atoms with Gasteiger partial charge in [-0.2, -0.15) is 0 Å². The van der Waals surface area contributed by atoms with Gasteiger partial charge in [0.1, 0.15) is 0 Å². The van der Waals surface area contributed by atoms with E-state index in [9.17, 15) is 4.79 Å². The summed E-state index contributed by atoms with van der Waals surface area (Å²) in [6.45, 7) is 3.13. The quantitative estimate of drug-likeness (QED) is 0.936. The van der Waals surface area contributed by atoms with Crippen LogP contribution in [0.25, 0.3) is 0 Å². The Morgan fingerprint density at radius 2 is 2.47 bits per heavy atom. The van der Waals surface area contributed by atoms with E-state index in [0.29, 0.717) is 18.0 Å². The molecule has 7 heteroatoms. The SMILES string of the molecule is Cc1cc(C(=O)NCCn2ccnn2)sc1Br. The van der Waals surface area contributed by atoms with Crippen LogP contribution in [0.5, 0.6) is 0 Å². The summed E-state index contributed by atoms with van der Waals surface area (Å²) in [5, 5.41) is 10.3. The molecule has 2 aromatic heterocycles. The van der Waals surface area contributed by atoms with Gasteiger partial charge in [0.15, 0.2) is 0 Å². The maximum absolute atomic E-state index is 11.8. The van der Waals surface area contributed by atoms with Crippen molar-refractivity contribution in [3.8, 4) is 0 Å². The predicted octanol–water partition coefficient (Wildman–Crippen LogP) is 1.84. The fraction of sp³-hybridized carbons (Fsp3) is 0.300. The molecule has 0 aromatic carbocycles. The van der Waals surface area contributed by atoms with E-state index >= 15 is 0 Å². The molecule has 0 spiro atoms. The number of thiophene rings is 1. The lowest BCUT2D eigenvalue weighted by Gasteiger charge is -2.02. The summed E-state index contributed by atoms with van der Waals surface area (Å²) in [7, 11) is 0. The number of nitrogens with zero attached hydrogens (tertiary/aromatic N) is 3. The molecule has 90 valence electrons. The molecular weight excluding hydrogens is 304 g/mol. The minimum absolute atomic E-state index is 0.0519. The minimum atomic E-state index is -0.0519. The van der Waals surface area contributed by atoms with Crippen molar-refractivity contribution < 1.29 is 4.79 Å². The summed E-state index contributed by atoms with van der Waals surface area (Å²) in [5.41, 5.74) is 1.08. The third-order valence-corrected chi connectivity index (χ3v) is 4.31. The molecule has 0 aliphatic heterocycles. The van der Waals surface area contributed by atoms with E-state index in [0.717, 1.165) is 9.35 Å². The molecule has 0 bridgehead atoms. The van der Waals surface area contributed by atoms with Crippen molar-refractivity contribution in [3.05, 3.63) is 32.7 Å². The highest BCUT2D eigenvalue weighted by atomic mass is 79.9. The average molecular weight is 315 g/mol. The van der Waals surface area contributed by atoms with Gasteiger partial charge in [-0.3, -0.25) is 9.48 Å². The van der Waals surface area contributed by atoms with Crippen LogP contribution in [0.3, 0.4) is 0 Å². The molecule has 0 saturated heterocycles. The first-order valence-electron chi connectivity index (χ1n) is 5.05. The molecule has 1 N–H and O–H groups in total. The summed E-state index contributed by atoms with van der Waals surface area (Å²) < 4.78 is 2.68. The molecule has 0 aliphatic rings. The van der Waals surface area contributed by atoms with E-state index < -0.39 is 0 Å². The zero-order chi connectivity index (χ0) is 12.3. The van der Waals surface area contributed by atoms with E-state index in [4.69, 9.17) is 0 Å². The number of aryl methyl sites for hydroxylation is 1. The van der Waals surface area contributed by atoms with Crippen LogP contribution in [0.15, 0.2) is 22.2 Å². The van der Waals surface area contributed by atoms with Crippen molar-refractivity contribution >= 4 is 33.2 Å². The lowest BCUT2D eigenvalue weighted by molar-refractivity contribution is 0.0956. The van der Waals surface area contributed by atoms with Crippen LogP contribution >= 0.6 is 27.3 Å². The summed E-state index contributed by atoms with van der Waals surface area (Å²) in [4.78, 5) is 12.5. The lowest BCUT2D eigenvalue weighted by Crippen LogP contribution is -2.26. The van der Waals surface area contributed by atoms with E-state index in [1.165, 1.54) is 11.3 Å². The van der Waals surface area contributed by atoms with Crippen LogP contribution in [-0.2, 0) is 6.54 Å².